The predicted molar refractivity (Wildman–Crippen MR) is 136 cm³/mol. The van der Waals surface area contributed by atoms with Gasteiger partial charge in [-0.2, -0.15) is 21.9 Å². The minimum Gasteiger partial charge on any atom is -0.588 e. The molecule has 42 heavy (non-hydrogen) atoms. The second-order valence-corrected chi connectivity index (χ2v) is 10.8. The molecule has 1 N–H and O–H groups in total. The third kappa shape index (κ3) is 6.91. The molecule has 0 saturated carbocycles. The fraction of sp³-hybridized carbons (Fsp3) is 0.320. The van der Waals surface area contributed by atoms with Crippen LogP contribution in [0.25, 0.3) is 0 Å². The van der Waals surface area contributed by atoms with Crippen molar-refractivity contribution in [3.8, 4) is 11.6 Å². The minimum absolute atomic E-state index is 0.00978. The van der Waals surface area contributed by atoms with Gasteiger partial charge in [0.15, 0.2) is 16.3 Å². The molecule has 2 amide bonds. The number of halogens is 6. The second-order valence-electron chi connectivity index (χ2n) is 9.29. The van der Waals surface area contributed by atoms with Gasteiger partial charge in [-0.3, -0.25) is 14.5 Å². The lowest BCUT2D eigenvalue weighted by molar-refractivity contribution is -0.147. The Bertz CT molecular complexity index is 1520. The number of hydrogen-bond acceptors (Lipinski definition) is 8. The van der Waals surface area contributed by atoms with Crippen LogP contribution in [0.4, 0.5) is 32.0 Å². The molecule has 224 valence electrons. The molecular weight excluding hydrogens is 594 g/mol. The van der Waals surface area contributed by atoms with E-state index in [-0.39, 0.29) is 28.6 Å². The van der Waals surface area contributed by atoms with Crippen molar-refractivity contribution in [2.24, 2.45) is 0 Å². The largest absolute Gasteiger partial charge is 0.588 e. The van der Waals surface area contributed by atoms with Gasteiger partial charge in [-0.1, -0.05) is 6.07 Å². The van der Waals surface area contributed by atoms with E-state index in [1.165, 1.54) is 43.1 Å². The minimum atomic E-state index is -4.96. The molecule has 17 heteroatoms. The molecule has 0 spiro atoms. The van der Waals surface area contributed by atoms with Crippen molar-refractivity contribution in [2.45, 2.75) is 30.8 Å². The Morgan fingerprint density at radius 3 is 2.48 bits per heavy atom. The molecule has 0 aliphatic carbocycles. The lowest BCUT2D eigenvalue weighted by atomic mass is 10.1. The van der Waals surface area contributed by atoms with Gasteiger partial charge in [-0.15, -0.1) is 10.2 Å². The second kappa shape index (κ2) is 11.7. The van der Waals surface area contributed by atoms with Gasteiger partial charge in [0.05, 0.1) is 32.4 Å². The van der Waals surface area contributed by atoms with Crippen LogP contribution in [-0.2, 0) is 22.3 Å². The first-order chi connectivity index (χ1) is 19.6. The summed E-state index contributed by atoms with van der Waals surface area (Å²) in [6.07, 6.45) is -4.96. The summed E-state index contributed by atoms with van der Waals surface area (Å²) >= 11 is -2.11. The Morgan fingerprint density at radius 1 is 1.17 bits per heavy atom. The highest BCUT2D eigenvalue weighted by molar-refractivity contribution is 7.89. The van der Waals surface area contributed by atoms with Crippen LogP contribution < -0.4 is 10.1 Å². The van der Waals surface area contributed by atoms with Crippen LogP contribution in [0.15, 0.2) is 41.3 Å². The van der Waals surface area contributed by atoms with E-state index < -0.39 is 77.0 Å². The first-order valence-corrected chi connectivity index (χ1v) is 13.1. The fourth-order valence-electron chi connectivity index (χ4n) is 3.97. The summed E-state index contributed by atoms with van der Waals surface area (Å²) in [6.45, 7) is 0.797. The van der Waals surface area contributed by atoms with Crippen LogP contribution in [0.5, 0.6) is 11.6 Å². The molecule has 0 bridgehead atoms. The summed E-state index contributed by atoms with van der Waals surface area (Å²) in [5.41, 5.74) is -2.67. The van der Waals surface area contributed by atoms with Gasteiger partial charge in [0, 0.05) is 11.8 Å². The highest BCUT2D eigenvalue weighted by Crippen LogP contribution is 2.35. The van der Waals surface area contributed by atoms with Crippen LogP contribution in [0.1, 0.15) is 27.3 Å². The Kier molecular flexibility index (Phi) is 8.65. The summed E-state index contributed by atoms with van der Waals surface area (Å²) in [6, 6.07) is 7.41. The van der Waals surface area contributed by atoms with Gasteiger partial charge in [0.1, 0.15) is 16.9 Å². The zero-order valence-corrected chi connectivity index (χ0v) is 22.9. The maximum atomic E-state index is 13.6. The number of likely N-dealkylation sites (tertiary alicyclic amines) is 1. The number of amides is 2. The number of alkyl halides is 5. The lowest BCUT2D eigenvalue weighted by Gasteiger charge is -2.38. The number of rotatable bonds is 8. The number of carbonyl (C=O) groups is 2. The molecule has 3 heterocycles. The average molecular weight is 617 g/mol. The van der Waals surface area contributed by atoms with Crippen molar-refractivity contribution in [1.82, 2.24) is 24.4 Å². The highest BCUT2D eigenvalue weighted by atomic mass is 32.2. The Balaban J connectivity index is 1.58. The van der Waals surface area contributed by atoms with Gasteiger partial charge in [0.25, 0.3) is 23.6 Å². The summed E-state index contributed by atoms with van der Waals surface area (Å²) in [5.74, 6) is -6.21. The van der Waals surface area contributed by atoms with Crippen molar-refractivity contribution in [1.29, 1.82) is 0 Å². The normalized spacial score (nSPS) is 15.5. The third-order valence-electron chi connectivity index (χ3n) is 6.05. The molecule has 3 aromatic rings. The zero-order valence-electron chi connectivity index (χ0n) is 22.1. The highest BCUT2D eigenvalue weighted by Gasteiger charge is 2.45. The molecule has 1 saturated heterocycles. The molecule has 1 aliphatic heterocycles. The zero-order chi connectivity index (χ0) is 31.0. The predicted octanol–water partition coefficient (Wildman–Crippen LogP) is 4.12. The Hall–Kier alpha value is -3.96. The summed E-state index contributed by atoms with van der Waals surface area (Å²) < 4.78 is 99.6. The van der Waals surface area contributed by atoms with Crippen molar-refractivity contribution in [3.05, 3.63) is 64.9 Å². The van der Waals surface area contributed by atoms with Crippen LogP contribution in [0, 0.1) is 19.8 Å². The quantitative estimate of drug-likeness (QED) is 0.228. The Labute approximate surface area is 238 Å². The third-order valence-corrected chi connectivity index (χ3v) is 7.41. The number of carbonyl (C=O) groups excluding carboxylic acids is 2. The van der Waals surface area contributed by atoms with Crippen molar-refractivity contribution in [2.75, 3.05) is 32.0 Å². The smallest absolute Gasteiger partial charge is 0.435 e. The number of aromatic nitrogens is 3. The summed E-state index contributed by atoms with van der Waals surface area (Å²) in [5, 5.41) is 8.99. The first kappa shape index (κ1) is 31.0. The monoisotopic (exact) mass is 616 g/mol. The molecule has 1 aromatic carbocycles. The van der Waals surface area contributed by atoms with Crippen molar-refractivity contribution in [3.63, 3.8) is 0 Å². The lowest BCUT2D eigenvalue weighted by Crippen LogP contribution is -2.58. The number of nitrogens with zero attached hydrogens (tertiary/aromatic N) is 5. The number of likely N-dealkylation sites (N-methyl/N-ethyl adjacent to an activating group) is 1. The number of pyridine rings is 1. The topological polar surface area (TPSA) is 124 Å². The van der Waals surface area contributed by atoms with Crippen LogP contribution in [0.3, 0.4) is 0 Å². The number of anilines is 1. The number of nitrogens with one attached hydrogen (secondary N) is 1. The van der Waals surface area contributed by atoms with E-state index >= 15 is 0 Å². The maximum absolute atomic E-state index is 13.6. The van der Waals surface area contributed by atoms with Crippen molar-refractivity contribution >= 4 is 28.9 Å². The van der Waals surface area contributed by atoms with Crippen molar-refractivity contribution < 1.29 is 45.2 Å². The molecule has 0 unspecified atom stereocenters. The number of aryl methyl sites for hydroxylation is 1. The summed E-state index contributed by atoms with van der Waals surface area (Å²) in [4.78, 5) is 30.5. The van der Waals surface area contributed by atoms with E-state index in [4.69, 9.17) is 4.74 Å². The van der Waals surface area contributed by atoms with E-state index in [9.17, 15) is 40.5 Å². The molecule has 1 atom stereocenters. The van der Waals surface area contributed by atoms with Gasteiger partial charge in [0.2, 0.25) is 5.95 Å². The SMILES string of the molecule is Cc1nc(F)ccc1Oc1nnc(C(F)(F)F)c(C)c1C(=O)Nc1cccc([S@@+]([O-])N(C)C(=O)CN2CC(F)(F)C2)c1. The molecular formula is C25H22F6N6O4S. The molecule has 1 fully saturated rings. The van der Waals surface area contributed by atoms with Gasteiger partial charge < -0.3 is 14.6 Å². The molecule has 1 aliphatic rings. The number of ether oxygens (including phenoxy) is 1. The molecule has 0 radical (unpaired) electrons. The standard InChI is InChI=1S/C25H22F6N6O4S/c1-13-20(23(35-34-21(13)25(29,30)31)41-17-7-8-18(26)32-14(17)2)22(39)33-15-5-4-6-16(9-15)42(40)36(3)19(38)10-37-11-24(27,28)12-37/h4-9H,10-12H2,1-3H3,(H,33,39)/t42-/m1/s1. The van der Waals surface area contributed by atoms with Gasteiger partial charge in [-0.25, -0.2) is 13.8 Å². The summed E-state index contributed by atoms with van der Waals surface area (Å²) in [7, 11) is 1.21. The van der Waals surface area contributed by atoms with Crippen LogP contribution >= 0.6 is 0 Å². The van der Waals surface area contributed by atoms with E-state index in [1.807, 2.05) is 0 Å². The van der Waals surface area contributed by atoms with Gasteiger partial charge >= 0.3 is 6.18 Å². The van der Waals surface area contributed by atoms with Gasteiger partial charge in [-0.05, 0) is 43.7 Å². The van der Waals surface area contributed by atoms with Crippen LogP contribution in [0.2, 0.25) is 0 Å². The van der Waals surface area contributed by atoms with E-state index in [0.29, 0.717) is 0 Å². The first-order valence-electron chi connectivity index (χ1n) is 12.0. The fourth-order valence-corrected chi connectivity index (χ4v) is 4.96. The maximum Gasteiger partial charge on any atom is 0.435 e. The number of hydrogen-bond donors (Lipinski definition) is 1. The van der Waals surface area contributed by atoms with E-state index in [0.717, 1.165) is 23.4 Å². The molecule has 4 rings (SSSR count). The number of benzene rings is 1. The van der Waals surface area contributed by atoms with E-state index in [1.54, 1.807) is 0 Å². The van der Waals surface area contributed by atoms with Crippen LogP contribution in [-0.4, -0.2) is 73.4 Å². The molecule has 10 nitrogen and oxygen atoms in total. The molecule has 2 aromatic heterocycles. The van der Waals surface area contributed by atoms with E-state index in [2.05, 4.69) is 20.5 Å². The average Bonchev–Trinajstić information content (AvgIpc) is 2.87. The Morgan fingerprint density at radius 2 is 1.86 bits per heavy atom.